The molecular weight excluding hydrogens is 262 g/mol. The number of ether oxygens (including phenoxy) is 1. The second-order valence-corrected chi connectivity index (χ2v) is 5.66. The van der Waals surface area contributed by atoms with E-state index in [2.05, 4.69) is 46.3 Å². The van der Waals surface area contributed by atoms with Crippen LogP contribution in [0.4, 0.5) is 5.69 Å². The molecule has 0 spiro atoms. The third kappa shape index (κ3) is 5.30. The van der Waals surface area contributed by atoms with Crippen LogP contribution < -0.4 is 10.2 Å². The Morgan fingerprint density at radius 1 is 1.10 bits per heavy atom. The highest BCUT2D eigenvalue weighted by Gasteiger charge is 2.16. The molecule has 1 aromatic rings. The van der Waals surface area contributed by atoms with E-state index in [1.807, 2.05) is 0 Å². The Bertz CT molecular complexity index is 386. The summed E-state index contributed by atoms with van der Waals surface area (Å²) in [7, 11) is 1.73. The Kier molecular flexibility index (Phi) is 7.00. The first-order chi connectivity index (χ1) is 10.3. The van der Waals surface area contributed by atoms with Crippen molar-refractivity contribution in [2.24, 2.45) is 0 Å². The molecule has 0 amide bonds. The molecule has 0 bridgehead atoms. The van der Waals surface area contributed by atoms with Crippen molar-refractivity contribution in [2.75, 3.05) is 57.9 Å². The minimum atomic E-state index is 0.764. The van der Waals surface area contributed by atoms with Crippen LogP contribution in [0.25, 0.3) is 0 Å². The maximum absolute atomic E-state index is 5.03. The van der Waals surface area contributed by atoms with Gasteiger partial charge in [-0.25, -0.2) is 0 Å². The summed E-state index contributed by atoms with van der Waals surface area (Å²) >= 11 is 0. The van der Waals surface area contributed by atoms with E-state index in [1.165, 1.54) is 37.3 Å². The largest absolute Gasteiger partial charge is 0.383 e. The third-order valence-corrected chi connectivity index (χ3v) is 4.03. The highest BCUT2D eigenvalue weighted by Crippen LogP contribution is 2.17. The summed E-state index contributed by atoms with van der Waals surface area (Å²) in [4.78, 5) is 5.05. The van der Waals surface area contributed by atoms with Gasteiger partial charge in [0.15, 0.2) is 0 Å². The fourth-order valence-corrected chi connectivity index (χ4v) is 2.78. The Hall–Kier alpha value is -1.10. The van der Waals surface area contributed by atoms with E-state index in [0.29, 0.717) is 0 Å². The van der Waals surface area contributed by atoms with Crippen molar-refractivity contribution in [3.05, 3.63) is 29.8 Å². The maximum atomic E-state index is 5.03. The summed E-state index contributed by atoms with van der Waals surface area (Å²) in [6, 6.07) is 8.97. The SMILES string of the molecule is CCCN1CCN(c2ccc(CNCCOC)cc2)CC1. The summed E-state index contributed by atoms with van der Waals surface area (Å²) in [6.45, 7) is 10.7. The molecule has 2 rings (SSSR count). The lowest BCUT2D eigenvalue weighted by molar-refractivity contribution is 0.199. The number of rotatable bonds is 8. The lowest BCUT2D eigenvalue weighted by Crippen LogP contribution is -2.46. The summed E-state index contributed by atoms with van der Waals surface area (Å²) < 4.78 is 5.03. The molecule has 0 unspecified atom stereocenters. The average molecular weight is 291 g/mol. The predicted molar refractivity (Wildman–Crippen MR) is 89.0 cm³/mol. The molecule has 0 saturated carbocycles. The standard InChI is InChI=1S/C17H29N3O/c1-3-9-19-10-12-20(13-11-19)17-6-4-16(5-7-17)15-18-8-14-21-2/h4-7,18H,3,8-15H2,1-2H3. The van der Waals surface area contributed by atoms with Crippen molar-refractivity contribution in [1.29, 1.82) is 0 Å². The zero-order chi connectivity index (χ0) is 14.9. The summed E-state index contributed by atoms with van der Waals surface area (Å²) in [5, 5.41) is 3.38. The first kappa shape index (κ1) is 16.3. The Balaban J connectivity index is 1.77. The van der Waals surface area contributed by atoms with Gasteiger partial charge in [0, 0.05) is 52.1 Å². The first-order valence-corrected chi connectivity index (χ1v) is 8.09. The zero-order valence-corrected chi connectivity index (χ0v) is 13.5. The molecule has 1 heterocycles. The molecule has 1 aliphatic rings. The monoisotopic (exact) mass is 291 g/mol. The molecule has 0 aliphatic carbocycles. The molecule has 118 valence electrons. The number of hydrogen-bond donors (Lipinski definition) is 1. The highest BCUT2D eigenvalue weighted by molar-refractivity contribution is 5.48. The second kappa shape index (κ2) is 9.03. The van der Waals surface area contributed by atoms with Crippen LogP contribution in [0.2, 0.25) is 0 Å². The first-order valence-electron chi connectivity index (χ1n) is 8.09. The van der Waals surface area contributed by atoms with E-state index in [-0.39, 0.29) is 0 Å². The lowest BCUT2D eigenvalue weighted by atomic mass is 10.1. The summed E-state index contributed by atoms with van der Waals surface area (Å²) in [5.41, 5.74) is 2.69. The van der Waals surface area contributed by atoms with Crippen LogP contribution >= 0.6 is 0 Å². The van der Waals surface area contributed by atoms with E-state index in [0.717, 1.165) is 32.8 Å². The smallest absolute Gasteiger partial charge is 0.0587 e. The third-order valence-electron chi connectivity index (χ3n) is 4.03. The second-order valence-electron chi connectivity index (χ2n) is 5.66. The van der Waals surface area contributed by atoms with Crippen LogP contribution in [0.15, 0.2) is 24.3 Å². The average Bonchev–Trinajstić information content (AvgIpc) is 2.53. The number of anilines is 1. The fraction of sp³-hybridized carbons (Fsp3) is 0.647. The molecule has 0 radical (unpaired) electrons. The number of piperazine rings is 1. The number of hydrogen-bond acceptors (Lipinski definition) is 4. The van der Waals surface area contributed by atoms with Gasteiger partial charge in [-0.15, -0.1) is 0 Å². The van der Waals surface area contributed by atoms with Crippen molar-refractivity contribution in [3.63, 3.8) is 0 Å². The van der Waals surface area contributed by atoms with Crippen LogP contribution in [0.5, 0.6) is 0 Å². The Morgan fingerprint density at radius 3 is 2.43 bits per heavy atom. The molecule has 1 saturated heterocycles. The van der Waals surface area contributed by atoms with Gasteiger partial charge < -0.3 is 15.0 Å². The van der Waals surface area contributed by atoms with Gasteiger partial charge in [0.1, 0.15) is 0 Å². The minimum Gasteiger partial charge on any atom is -0.383 e. The van der Waals surface area contributed by atoms with Gasteiger partial charge in [0.2, 0.25) is 0 Å². The normalized spacial score (nSPS) is 16.4. The predicted octanol–water partition coefficient (Wildman–Crippen LogP) is 1.95. The highest BCUT2D eigenvalue weighted by atomic mass is 16.5. The zero-order valence-electron chi connectivity index (χ0n) is 13.5. The van der Waals surface area contributed by atoms with Gasteiger partial charge >= 0.3 is 0 Å². The molecule has 4 heteroatoms. The molecule has 0 aromatic heterocycles. The topological polar surface area (TPSA) is 27.7 Å². The van der Waals surface area contributed by atoms with Crippen molar-refractivity contribution >= 4 is 5.69 Å². The van der Waals surface area contributed by atoms with Crippen LogP contribution in [0.3, 0.4) is 0 Å². The van der Waals surface area contributed by atoms with E-state index in [4.69, 9.17) is 4.74 Å². The molecule has 4 nitrogen and oxygen atoms in total. The number of methoxy groups -OCH3 is 1. The van der Waals surface area contributed by atoms with Gasteiger partial charge in [-0.3, -0.25) is 4.90 Å². The fourth-order valence-electron chi connectivity index (χ4n) is 2.78. The van der Waals surface area contributed by atoms with Crippen LogP contribution in [-0.2, 0) is 11.3 Å². The maximum Gasteiger partial charge on any atom is 0.0587 e. The van der Waals surface area contributed by atoms with Crippen molar-refractivity contribution in [1.82, 2.24) is 10.2 Å². The molecule has 0 atom stereocenters. The van der Waals surface area contributed by atoms with E-state index < -0.39 is 0 Å². The van der Waals surface area contributed by atoms with Crippen LogP contribution in [0, 0.1) is 0 Å². The van der Waals surface area contributed by atoms with Gasteiger partial charge in [0.25, 0.3) is 0 Å². The van der Waals surface area contributed by atoms with Gasteiger partial charge in [-0.1, -0.05) is 19.1 Å². The summed E-state index contributed by atoms with van der Waals surface area (Å²) in [6.07, 6.45) is 1.25. The molecular formula is C17H29N3O. The summed E-state index contributed by atoms with van der Waals surface area (Å²) in [5.74, 6) is 0. The van der Waals surface area contributed by atoms with Gasteiger partial charge in [-0.05, 0) is 30.7 Å². The molecule has 1 N–H and O–H groups in total. The van der Waals surface area contributed by atoms with Crippen molar-refractivity contribution in [2.45, 2.75) is 19.9 Å². The van der Waals surface area contributed by atoms with Gasteiger partial charge in [-0.2, -0.15) is 0 Å². The molecule has 21 heavy (non-hydrogen) atoms. The van der Waals surface area contributed by atoms with Gasteiger partial charge in [0.05, 0.1) is 6.61 Å². The van der Waals surface area contributed by atoms with E-state index in [1.54, 1.807) is 7.11 Å². The molecule has 1 aromatic carbocycles. The molecule has 1 fully saturated rings. The van der Waals surface area contributed by atoms with E-state index in [9.17, 15) is 0 Å². The van der Waals surface area contributed by atoms with Crippen molar-refractivity contribution in [3.8, 4) is 0 Å². The molecule has 1 aliphatic heterocycles. The Morgan fingerprint density at radius 2 is 1.81 bits per heavy atom. The number of nitrogens with one attached hydrogen (secondary N) is 1. The van der Waals surface area contributed by atoms with Crippen molar-refractivity contribution < 1.29 is 4.74 Å². The van der Waals surface area contributed by atoms with Crippen LogP contribution in [0.1, 0.15) is 18.9 Å². The van der Waals surface area contributed by atoms with Crippen LogP contribution in [-0.4, -0.2) is 57.9 Å². The number of nitrogens with zero attached hydrogens (tertiary/aromatic N) is 2. The minimum absolute atomic E-state index is 0.764. The quantitative estimate of drug-likeness (QED) is 0.741. The lowest BCUT2D eigenvalue weighted by Gasteiger charge is -2.36. The van der Waals surface area contributed by atoms with E-state index >= 15 is 0 Å². The number of benzene rings is 1. The Labute approximate surface area is 129 Å².